The molecule has 2 heterocycles. The van der Waals surface area contributed by atoms with Crippen LogP contribution in [0.15, 0.2) is 34.9 Å². The van der Waals surface area contributed by atoms with Crippen LogP contribution in [-0.4, -0.2) is 65.6 Å². The average molecular weight is 422 g/mol. The topological polar surface area (TPSA) is 87.9 Å². The number of benzene rings is 1. The summed E-state index contributed by atoms with van der Waals surface area (Å²) in [6, 6.07) is 7.04. The largest absolute Gasteiger partial charge is 0.435 e. The summed E-state index contributed by atoms with van der Waals surface area (Å²) in [4.78, 5) is 29.0. The van der Waals surface area contributed by atoms with Gasteiger partial charge in [0.1, 0.15) is 11.5 Å². The van der Waals surface area contributed by atoms with E-state index in [-0.39, 0.29) is 29.2 Å². The summed E-state index contributed by atoms with van der Waals surface area (Å²) >= 11 is 0. The molecule has 1 aromatic carbocycles. The number of piperazine rings is 1. The Morgan fingerprint density at radius 2 is 1.97 bits per heavy atom. The van der Waals surface area contributed by atoms with Crippen LogP contribution >= 0.6 is 0 Å². The van der Waals surface area contributed by atoms with Crippen LogP contribution in [-0.2, 0) is 4.79 Å². The molecule has 10 heteroatoms. The molecule has 1 fully saturated rings. The van der Waals surface area contributed by atoms with Crippen molar-refractivity contribution in [3.8, 4) is 5.75 Å². The van der Waals surface area contributed by atoms with Gasteiger partial charge in [0.2, 0.25) is 5.91 Å². The van der Waals surface area contributed by atoms with Gasteiger partial charge in [0.05, 0.1) is 6.04 Å². The van der Waals surface area contributed by atoms with Gasteiger partial charge in [-0.1, -0.05) is 18.1 Å². The second kappa shape index (κ2) is 9.66. The van der Waals surface area contributed by atoms with Crippen LogP contribution < -0.4 is 10.1 Å². The summed E-state index contributed by atoms with van der Waals surface area (Å²) in [5, 5.41) is 6.53. The van der Waals surface area contributed by atoms with Crippen LogP contribution in [0.4, 0.5) is 14.6 Å². The quantitative estimate of drug-likeness (QED) is 0.738. The van der Waals surface area contributed by atoms with Gasteiger partial charge in [0.15, 0.2) is 5.82 Å². The number of ether oxygens (including phenoxy) is 1. The van der Waals surface area contributed by atoms with Crippen molar-refractivity contribution in [2.75, 3.05) is 31.5 Å². The molecular formula is C20H24F2N4O4. The molecular weight excluding hydrogens is 398 g/mol. The molecule has 1 saturated heterocycles. The maximum Gasteiger partial charge on any atom is 0.387 e. The highest BCUT2D eigenvalue weighted by Crippen LogP contribution is 2.19. The highest BCUT2D eigenvalue weighted by atomic mass is 19.3. The number of hydrogen-bond acceptors (Lipinski definition) is 6. The zero-order valence-electron chi connectivity index (χ0n) is 16.8. The second-order valence-corrected chi connectivity index (χ2v) is 6.97. The molecule has 8 nitrogen and oxygen atoms in total. The minimum Gasteiger partial charge on any atom is -0.435 e. The van der Waals surface area contributed by atoms with E-state index in [4.69, 9.17) is 4.52 Å². The lowest BCUT2D eigenvalue weighted by Gasteiger charge is -2.38. The number of anilines is 1. The summed E-state index contributed by atoms with van der Waals surface area (Å²) in [5.41, 5.74) is 0.285. The van der Waals surface area contributed by atoms with Crippen LogP contribution in [0.25, 0.3) is 0 Å². The maximum atomic E-state index is 12.7. The van der Waals surface area contributed by atoms with E-state index in [1.807, 2.05) is 11.8 Å². The predicted molar refractivity (Wildman–Crippen MR) is 104 cm³/mol. The molecule has 1 atom stereocenters. The predicted octanol–water partition coefficient (Wildman–Crippen LogP) is 2.76. The van der Waals surface area contributed by atoms with Crippen molar-refractivity contribution in [1.82, 2.24) is 15.0 Å². The Balaban J connectivity index is 1.57. The van der Waals surface area contributed by atoms with E-state index in [1.54, 1.807) is 24.0 Å². The molecule has 2 amide bonds. The molecule has 0 unspecified atom stereocenters. The van der Waals surface area contributed by atoms with E-state index >= 15 is 0 Å². The highest BCUT2D eigenvalue weighted by molar-refractivity contribution is 5.95. The van der Waals surface area contributed by atoms with Gasteiger partial charge in [-0.25, -0.2) is 0 Å². The number of aryl methyl sites for hydroxylation is 1. The van der Waals surface area contributed by atoms with E-state index in [0.29, 0.717) is 44.2 Å². The lowest BCUT2D eigenvalue weighted by atomic mass is 10.1. The van der Waals surface area contributed by atoms with E-state index in [9.17, 15) is 18.4 Å². The fourth-order valence-corrected chi connectivity index (χ4v) is 3.47. The Kier molecular flexibility index (Phi) is 6.99. The monoisotopic (exact) mass is 422 g/mol. The van der Waals surface area contributed by atoms with Gasteiger partial charge >= 0.3 is 6.61 Å². The minimum atomic E-state index is -2.95. The number of carbonyl (C=O) groups is 2. The van der Waals surface area contributed by atoms with Gasteiger partial charge in [-0.3, -0.25) is 14.5 Å². The fourth-order valence-electron chi connectivity index (χ4n) is 3.47. The van der Waals surface area contributed by atoms with Gasteiger partial charge < -0.3 is 19.5 Å². The third kappa shape index (κ3) is 5.32. The summed E-state index contributed by atoms with van der Waals surface area (Å²) in [6.45, 7) is 2.59. The molecule has 0 spiro atoms. The maximum absolute atomic E-state index is 12.7. The molecule has 2 aromatic rings. The fraction of sp³-hybridized carbons (Fsp3) is 0.450. The molecule has 1 N–H and O–H groups in total. The number of rotatable bonds is 7. The lowest BCUT2D eigenvalue weighted by Crippen LogP contribution is -2.54. The zero-order valence-corrected chi connectivity index (χ0v) is 16.8. The first-order valence-corrected chi connectivity index (χ1v) is 9.69. The van der Waals surface area contributed by atoms with Crippen LogP contribution in [0, 0.1) is 6.92 Å². The van der Waals surface area contributed by atoms with E-state index in [1.165, 1.54) is 18.2 Å². The van der Waals surface area contributed by atoms with Crippen LogP contribution in [0.3, 0.4) is 0 Å². The minimum absolute atomic E-state index is 0.0553. The molecule has 1 aliphatic heterocycles. The van der Waals surface area contributed by atoms with E-state index in [2.05, 4.69) is 15.2 Å². The van der Waals surface area contributed by atoms with Crippen molar-refractivity contribution >= 4 is 17.6 Å². The number of hydrogen-bond donors (Lipinski definition) is 1. The molecule has 162 valence electrons. The van der Waals surface area contributed by atoms with Gasteiger partial charge in [-0.05, 0) is 31.5 Å². The van der Waals surface area contributed by atoms with E-state index < -0.39 is 6.61 Å². The van der Waals surface area contributed by atoms with Crippen LogP contribution in [0.5, 0.6) is 5.75 Å². The molecule has 1 aliphatic rings. The zero-order chi connectivity index (χ0) is 21.7. The number of amides is 2. The SMILES string of the molecule is CC[C@H](C(=O)Nc1cc(C)on1)N1CCN(C(=O)c2cccc(OC(F)F)c2)CC1. The smallest absolute Gasteiger partial charge is 0.387 e. The average Bonchev–Trinajstić information content (AvgIpc) is 3.12. The number of alkyl halides is 2. The molecule has 3 rings (SSSR count). The number of aromatic nitrogens is 1. The normalized spacial score (nSPS) is 15.8. The highest BCUT2D eigenvalue weighted by Gasteiger charge is 2.30. The Bertz CT molecular complexity index is 881. The van der Waals surface area contributed by atoms with Crippen molar-refractivity contribution in [2.24, 2.45) is 0 Å². The number of carbonyl (C=O) groups excluding carboxylic acids is 2. The van der Waals surface area contributed by atoms with Gasteiger partial charge in [0, 0.05) is 37.8 Å². The molecule has 1 aromatic heterocycles. The van der Waals surface area contributed by atoms with Crippen molar-refractivity contribution < 1.29 is 27.6 Å². The first kappa shape index (κ1) is 21.7. The van der Waals surface area contributed by atoms with E-state index in [0.717, 1.165) is 0 Å². The Hall–Kier alpha value is -3.01. The molecule has 0 bridgehead atoms. The Morgan fingerprint density at radius 3 is 2.57 bits per heavy atom. The van der Waals surface area contributed by atoms with Gasteiger partial charge in [0.25, 0.3) is 5.91 Å². The molecule has 0 aliphatic carbocycles. The van der Waals surface area contributed by atoms with Crippen molar-refractivity contribution in [1.29, 1.82) is 0 Å². The van der Waals surface area contributed by atoms with Crippen LogP contribution in [0.2, 0.25) is 0 Å². The summed E-state index contributed by atoms with van der Waals surface area (Å²) in [6.07, 6.45) is 0.601. The number of halogens is 2. The van der Waals surface area contributed by atoms with Crippen molar-refractivity contribution in [3.05, 3.63) is 41.7 Å². The number of nitrogens with zero attached hydrogens (tertiary/aromatic N) is 3. The Labute approximate surface area is 172 Å². The summed E-state index contributed by atoms with van der Waals surface area (Å²) < 4.78 is 34.1. The first-order chi connectivity index (χ1) is 14.4. The third-order valence-electron chi connectivity index (χ3n) is 4.92. The van der Waals surface area contributed by atoms with Crippen LogP contribution in [0.1, 0.15) is 29.5 Å². The standard InChI is InChI=1S/C20H24F2N4O4/c1-3-16(18(27)23-17-11-13(2)30-24-17)25-7-9-26(10-8-25)19(28)14-5-4-6-15(12-14)29-20(21)22/h4-6,11-12,16,20H,3,7-10H2,1-2H3,(H,23,24,27)/t16-/m1/s1. The summed E-state index contributed by atoms with van der Waals surface area (Å²) in [7, 11) is 0. The van der Waals surface area contributed by atoms with Gasteiger partial charge in [-0.15, -0.1) is 0 Å². The molecule has 0 saturated carbocycles. The van der Waals surface area contributed by atoms with Crippen molar-refractivity contribution in [2.45, 2.75) is 32.9 Å². The lowest BCUT2D eigenvalue weighted by molar-refractivity contribution is -0.122. The number of nitrogens with one attached hydrogen (secondary N) is 1. The third-order valence-corrected chi connectivity index (χ3v) is 4.92. The van der Waals surface area contributed by atoms with Gasteiger partial charge in [-0.2, -0.15) is 8.78 Å². The van der Waals surface area contributed by atoms with Crippen molar-refractivity contribution in [3.63, 3.8) is 0 Å². The Morgan fingerprint density at radius 1 is 1.23 bits per heavy atom. The molecule has 30 heavy (non-hydrogen) atoms. The second-order valence-electron chi connectivity index (χ2n) is 6.97. The first-order valence-electron chi connectivity index (χ1n) is 9.69. The molecule has 0 radical (unpaired) electrons. The summed E-state index contributed by atoms with van der Waals surface area (Å²) in [5.74, 6) is 0.483.